The van der Waals surface area contributed by atoms with Gasteiger partial charge in [0.25, 0.3) is 6.08 Å². The Kier molecular flexibility index (Phi) is 6.15. The minimum absolute atomic E-state index is 0. The third kappa shape index (κ3) is 3.99. The van der Waals surface area contributed by atoms with E-state index in [1.807, 2.05) is 0 Å². The minimum Gasteiger partial charge on any atom is -0.368 e. The lowest BCUT2D eigenvalue weighted by atomic mass is 10.1. The zero-order valence-corrected chi connectivity index (χ0v) is 10.5. The van der Waals surface area contributed by atoms with Gasteiger partial charge in [-0.2, -0.15) is 22.3 Å². The van der Waals surface area contributed by atoms with Crippen LogP contribution < -0.4 is 5.73 Å². The number of hydrogen-bond acceptors (Lipinski definition) is 2. The van der Waals surface area contributed by atoms with Gasteiger partial charge in [0.1, 0.15) is 6.04 Å². The van der Waals surface area contributed by atoms with Gasteiger partial charge in [-0.3, -0.25) is 9.59 Å². The fourth-order valence-electron chi connectivity index (χ4n) is 1.93. The lowest BCUT2D eigenvalue weighted by molar-refractivity contribution is -0.136. The molecule has 4 nitrogen and oxygen atoms in total. The summed E-state index contributed by atoms with van der Waals surface area (Å²) in [5.74, 6) is -1.42. The van der Waals surface area contributed by atoms with Crippen LogP contribution >= 0.6 is 13.5 Å². The van der Waals surface area contributed by atoms with Gasteiger partial charge in [0.05, 0.1) is 0 Å². The van der Waals surface area contributed by atoms with E-state index in [1.54, 1.807) is 6.92 Å². The predicted octanol–water partition coefficient (Wildman–Crippen LogP) is 0.992. The molecule has 0 aliphatic carbocycles. The number of nitrogens with two attached hydrogens (primary N) is 1. The first kappa shape index (κ1) is 15.9. The zero-order chi connectivity index (χ0) is 12.3. The molecule has 0 spiro atoms. The minimum atomic E-state index is -1.80. The monoisotopic (exact) mass is 266 g/mol. The van der Waals surface area contributed by atoms with Gasteiger partial charge in [-0.1, -0.05) is 6.92 Å². The van der Waals surface area contributed by atoms with Crippen molar-refractivity contribution in [3.63, 3.8) is 0 Å². The van der Waals surface area contributed by atoms with Crippen LogP contribution in [0, 0.1) is 5.92 Å². The van der Waals surface area contributed by atoms with Crippen molar-refractivity contribution in [1.29, 1.82) is 0 Å². The van der Waals surface area contributed by atoms with Crippen LogP contribution in [0.3, 0.4) is 0 Å². The molecule has 1 aliphatic rings. The maximum atomic E-state index is 12.0. The van der Waals surface area contributed by atoms with Gasteiger partial charge in [0.15, 0.2) is 0 Å². The van der Waals surface area contributed by atoms with E-state index in [-0.39, 0.29) is 32.4 Å². The van der Waals surface area contributed by atoms with Crippen LogP contribution in [0.15, 0.2) is 12.2 Å². The lowest BCUT2D eigenvalue weighted by Gasteiger charge is -2.23. The zero-order valence-electron chi connectivity index (χ0n) is 9.45. The van der Waals surface area contributed by atoms with Crippen molar-refractivity contribution in [1.82, 2.24) is 4.90 Å². The molecule has 0 unspecified atom stereocenters. The Morgan fingerprint density at radius 3 is 2.65 bits per heavy atom. The highest BCUT2D eigenvalue weighted by molar-refractivity contribution is 7.59. The van der Waals surface area contributed by atoms with Crippen LogP contribution in [0.2, 0.25) is 0 Å². The van der Waals surface area contributed by atoms with E-state index < -0.39 is 23.9 Å². The van der Waals surface area contributed by atoms with Gasteiger partial charge in [-0.05, 0) is 12.5 Å². The number of amides is 2. The topological polar surface area (TPSA) is 63.4 Å². The van der Waals surface area contributed by atoms with Gasteiger partial charge < -0.3 is 10.6 Å². The predicted molar refractivity (Wildman–Crippen MR) is 63.8 cm³/mol. The van der Waals surface area contributed by atoms with Crippen LogP contribution in [-0.4, -0.2) is 29.3 Å². The van der Waals surface area contributed by atoms with E-state index in [9.17, 15) is 18.4 Å². The van der Waals surface area contributed by atoms with Crippen LogP contribution in [0.1, 0.15) is 19.8 Å². The Balaban J connectivity index is 0.00000256. The normalized spacial score (nSPS) is 20.8. The maximum absolute atomic E-state index is 12.0. The van der Waals surface area contributed by atoms with E-state index in [0.717, 1.165) is 6.08 Å². The molecule has 1 heterocycles. The molecule has 2 atom stereocenters. The van der Waals surface area contributed by atoms with E-state index in [2.05, 4.69) is 0 Å². The molecule has 2 N–H and O–H groups in total. The summed E-state index contributed by atoms with van der Waals surface area (Å²) >= 11 is 0. The molecule has 0 bridgehead atoms. The molecule has 1 fully saturated rings. The third-order valence-electron chi connectivity index (χ3n) is 2.64. The van der Waals surface area contributed by atoms with Gasteiger partial charge in [-0.25, -0.2) is 0 Å². The van der Waals surface area contributed by atoms with Crippen molar-refractivity contribution in [2.75, 3.05) is 6.54 Å². The molecular formula is C10H16F2N2O2S. The Labute approximate surface area is 105 Å². The summed E-state index contributed by atoms with van der Waals surface area (Å²) in [7, 11) is 0. The molecule has 7 heteroatoms. The molecule has 0 aromatic heterocycles. The summed E-state index contributed by atoms with van der Waals surface area (Å²) < 4.78 is 24.0. The average Bonchev–Trinajstić information content (AvgIpc) is 2.46. The summed E-state index contributed by atoms with van der Waals surface area (Å²) in [5.41, 5.74) is 5.14. The number of rotatable bonds is 4. The average molecular weight is 266 g/mol. The molecule has 0 radical (unpaired) electrons. The molecule has 2 amide bonds. The summed E-state index contributed by atoms with van der Waals surface area (Å²) in [6.07, 6.45) is -0.630. The van der Waals surface area contributed by atoms with Crippen molar-refractivity contribution >= 4 is 25.3 Å². The van der Waals surface area contributed by atoms with Crippen LogP contribution in [0.25, 0.3) is 0 Å². The number of halogens is 2. The Morgan fingerprint density at radius 2 is 2.24 bits per heavy atom. The number of primary amides is 1. The van der Waals surface area contributed by atoms with Gasteiger partial charge in [-0.15, -0.1) is 0 Å². The van der Waals surface area contributed by atoms with Gasteiger partial charge in [0.2, 0.25) is 11.8 Å². The first-order valence-electron chi connectivity index (χ1n) is 5.07. The van der Waals surface area contributed by atoms with Crippen molar-refractivity contribution in [2.24, 2.45) is 11.7 Å². The molecule has 98 valence electrons. The van der Waals surface area contributed by atoms with Crippen molar-refractivity contribution in [2.45, 2.75) is 25.8 Å². The number of hydrogen-bond donors (Lipinski definition) is 1. The second-order valence-corrected chi connectivity index (χ2v) is 3.79. The van der Waals surface area contributed by atoms with E-state index >= 15 is 0 Å². The van der Waals surface area contributed by atoms with Gasteiger partial charge in [0, 0.05) is 18.9 Å². The fraction of sp³-hybridized carbons (Fsp3) is 0.600. The second kappa shape index (κ2) is 6.58. The summed E-state index contributed by atoms with van der Waals surface area (Å²) in [5, 5.41) is 0. The van der Waals surface area contributed by atoms with Crippen LogP contribution in [0.5, 0.6) is 0 Å². The summed E-state index contributed by atoms with van der Waals surface area (Å²) in [4.78, 5) is 23.9. The standard InChI is InChI=1S/C10H14F2N2O2.H2S/c1-2-7(10(13)16)14-5-6(3-8(11)12)4-9(14)15;/h3,6-7H,2,4-5H2,1H3,(H2,13,16);1H2/t6-,7+;/m1./s1. The molecule has 1 aliphatic heterocycles. The maximum Gasteiger partial charge on any atom is 0.266 e. The van der Waals surface area contributed by atoms with E-state index in [4.69, 9.17) is 5.73 Å². The molecule has 0 aromatic carbocycles. The summed E-state index contributed by atoms with van der Waals surface area (Å²) in [6, 6.07) is -0.687. The Morgan fingerprint density at radius 1 is 1.65 bits per heavy atom. The number of likely N-dealkylation sites (tertiary alicyclic amines) is 1. The second-order valence-electron chi connectivity index (χ2n) is 3.79. The number of carbonyl (C=O) groups excluding carboxylic acids is 2. The van der Waals surface area contributed by atoms with Crippen LogP contribution in [0.4, 0.5) is 8.78 Å². The van der Waals surface area contributed by atoms with Crippen LogP contribution in [-0.2, 0) is 9.59 Å². The largest absolute Gasteiger partial charge is 0.368 e. The van der Waals surface area contributed by atoms with Crippen molar-refractivity contribution in [3.8, 4) is 0 Å². The van der Waals surface area contributed by atoms with Crippen molar-refractivity contribution < 1.29 is 18.4 Å². The first-order valence-corrected chi connectivity index (χ1v) is 5.07. The SMILES string of the molecule is CC[C@@H](C(N)=O)N1C[C@H](C=C(F)F)CC1=O.S. The number of nitrogens with zero attached hydrogens (tertiary/aromatic N) is 1. The lowest BCUT2D eigenvalue weighted by Crippen LogP contribution is -2.45. The first-order chi connectivity index (χ1) is 7.45. The molecule has 0 saturated carbocycles. The van der Waals surface area contributed by atoms with Crippen molar-refractivity contribution in [3.05, 3.63) is 12.2 Å². The molecule has 0 aromatic rings. The Bertz CT molecular complexity index is 332. The quantitative estimate of drug-likeness (QED) is 0.824. The highest BCUT2D eigenvalue weighted by Crippen LogP contribution is 2.23. The molecular weight excluding hydrogens is 250 g/mol. The smallest absolute Gasteiger partial charge is 0.266 e. The molecule has 17 heavy (non-hydrogen) atoms. The van der Waals surface area contributed by atoms with Gasteiger partial charge >= 0.3 is 0 Å². The highest BCUT2D eigenvalue weighted by Gasteiger charge is 2.35. The molecule has 1 rings (SSSR count). The van der Waals surface area contributed by atoms with E-state index in [0.29, 0.717) is 6.42 Å². The highest BCUT2D eigenvalue weighted by atomic mass is 32.1. The molecule has 1 saturated heterocycles. The van der Waals surface area contributed by atoms with E-state index in [1.165, 1.54) is 4.90 Å². The fourth-order valence-corrected chi connectivity index (χ4v) is 1.93. The number of carbonyl (C=O) groups is 2. The Hall–Kier alpha value is -1.11. The summed E-state index contributed by atoms with van der Waals surface area (Å²) in [6.45, 7) is 1.86. The third-order valence-corrected chi connectivity index (χ3v) is 2.64.